The molecule has 0 saturated carbocycles. The van der Waals surface area contributed by atoms with Gasteiger partial charge in [-0.05, 0) is 151 Å². The van der Waals surface area contributed by atoms with Gasteiger partial charge in [-0.15, -0.1) is 0 Å². The lowest BCUT2D eigenvalue weighted by Crippen LogP contribution is -2.20. The van der Waals surface area contributed by atoms with Gasteiger partial charge in [-0.25, -0.2) is 4.98 Å². The molecule has 6 heteroatoms. The molecule has 6 nitrogen and oxygen atoms in total. The lowest BCUT2D eigenvalue weighted by molar-refractivity contribution is 0.589. The van der Waals surface area contributed by atoms with Gasteiger partial charge >= 0.3 is 0 Å². The van der Waals surface area contributed by atoms with Crippen molar-refractivity contribution in [3.63, 3.8) is 0 Å². The molecule has 0 aliphatic carbocycles. The summed E-state index contributed by atoms with van der Waals surface area (Å²) in [4.78, 5) is 20.8. The normalized spacial score (nSPS) is 12.2. The molecule has 0 fully saturated rings. The van der Waals surface area contributed by atoms with Crippen LogP contribution < -0.4 is 9.80 Å². The highest BCUT2D eigenvalue weighted by Crippen LogP contribution is 2.52. The molecule has 2 aromatic heterocycles. The minimum atomic E-state index is -0.259. The van der Waals surface area contributed by atoms with E-state index in [2.05, 4.69) is 307 Å². The molecular formula is C77H68N6. The Hall–Kier alpha value is -9.65. The SMILES string of the molecule is CC(C)(C)c1ccc(N(c2ccc(-c3nc(-c4ccccc4)nc(-n4c5ccccc5c5ccccc54)n3)cc2)c2cc(C(C)(C)C)cc(N(c3ccc(C(C)(C)C)cc3)c3ccc4ccccc4c3)c2-c2ccc3ccccc3c2)cc1. The van der Waals surface area contributed by atoms with Gasteiger partial charge in [0.05, 0.1) is 22.4 Å². The Labute approximate surface area is 488 Å². The van der Waals surface area contributed by atoms with Gasteiger partial charge in [-0.2, -0.15) is 9.97 Å². The maximum atomic E-state index is 5.36. The Morgan fingerprint density at radius 1 is 0.301 bits per heavy atom. The first-order chi connectivity index (χ1) is 40.0. The van der Waals surface area contributed by atoms with Crippen molar-refractivity contribution in [2.75, 3.05) is 9.80 Å². The molecule has 0 radical (unpaired) electrons. The third kappa shape index (κ3) is 10.1. The van der Waals surface area contributed by atoms with Crippen molar-refractivity contribution in [2.24, 2.45) is 0 Å². The number of hydrogen-bond acceptors (Lipinski definition) is 5. The minimum Gasteiger partial charge on any atom is -0.310 e. The van der Waals surface area contributed by atoms with E-state index in [0.717, 1.165) is 78.2 Å². The van der Waals surface area contributed by atoms with E-state index in [4.69, 9.17) is 15.0 Å². The first kappa shape index (κ1) is 52.7. The van der Waals surface area contributed by atoms with Crippen molar-refractivity contribution >= 4 is 77.5 Å². The summed E-state index contributed by atoms with van der Waals surface area (Å²) in [5, 5.41) is 7.03. The van der Waals surface area contributed by atoms with Crippen LogP contribution in [0, 0.1) is 0 Å². The van der Waals surface area contributed by atoms with Crippen LogP contribution in [0.5, 0.6) is 0 Å². The second-order valence-corrected chi connectivity index (χ2v) is 25.1. The van der Waals surface area contributed by atoms with Crippen LogP contribution in [-0.4, -0.2) is 19.5 Å². The zero-order valence-electron chi connectivity index (χ0n) is 48.9. The molecule has 0 amide bonds. The monoisotopic (exact) mass is 1080 g/mol. The average Bonchev–Trinajstić information content (AvgIpc) is 2.41. The summed E-state index contributed by atoms with van der Waals surface area (Å²) >= 11 is 0. The molecule has 13 rings (SSSR count). The third-order valence-corrected chi connectivity index (χ3v) is 16.3. The fraction of sp³-hybridized carbons (Fsp3) is 0.156. The Balaban J connectivity index is 1.07. The predicted octanol–water partition coefficient (Wildman–Crippen LogP) is 21.1. The number of benzene rings is 11. The molecule has 11 aromatic carbocycles. The Morgan fingerprint density at radius 2 is 0.687 bits per heavy atom. The number of anilines is 6. The molecule has 0 unspecified atom stereocenters. The molecule has 0 bridgehead atoms. The molecule has 2 heterocycles. The zero-order valence-corrected chi connectivity index (χ0v) is 48.9. The standard InChI is InChI=1S/C77H68N6/c1-75(2,3)58-36-43-62(44-37-58)81(61-40-34-54(35-41-61)73-78-72(53-23-11-10-12-24-53)79-74(80-73)83-67-29-19-17-27-65(67)66-28-18-20-30-68(66)83)69-49-60(77(7,8)9)50-70(71(69)57-32-31-51-21-13-15-25-55(51)47-57)82(63-45-38-59(39-46-63)76(4,5)6)64-42-33-52-22-14-16-26-56(52)48-64/h10-50H,1-9H3. The Bertz CT molecular complexity index is 4480. The summed E-state index contributed by atoms with van der Waals surface area (Å²) < 4.78 is 2.17. The van der Waals surface area contributed by atoms with Crippen LogP contribution in [0.4, 0.5) is 34.1 Å². The maximum absolute atomic E-state index is 5.36. The van der Waals surface area contributed by atoms with Crippen molar-refractivity contribution in [3.05, 3.63) is 265 Å². The van der Waals surface area contributed by atoms with Crippen LogP contribution in [0.1, 0.15) is 79.0 Å². The topological polar surface area (TPSA) is 50.1 Å². The van der Waals surface area contributed by atoms with E-state index in [1.165, 1.54) is 38.2 Å². The largest absolute Gasteiger partial charge is 0.310 e. The van der Waals surface area contributed by atoms with E-state index < -0.39 is 0 Å². The first-order valence-corrected chi connectivity index (χ1v) is 28.9. The Morgan fingerprint density at radius 3 is 1.19 bits per heavy atom. The average molecular weight is 1080 g/mol. The summed E-state index contributed by atoms with van der Waals surface area (Å²) in [6, 6.07) is 90.5. The smallest absolute Gasteiger partial charge is 0.238 e. The fourth-order valence-corrected chi connectivity index (χ4v) is 11.6. The van der Waals surface area contributed by atoms with Crippen LogP contribution in [-0.2, 0) is 16.2 Å². The van der Waals surface area contributed by atoms with Gasteiger partial charge in [0.2, 0.25) is 5.95 Å². The van der Waals surface area contributed by atoms with Crippen molar-refractivity contribution < 1.29 is 0 Å². The maximum Gasteiger partial charge on any atom is 0.238 e. The van der Waals surface area contributed by atoms with Gasteiger partial charge in [-0.3, -0.25) is 4.57 Å². The minimum absolute atomic E-state index is 0.0250. The fourth-order valence-electron chi connectivity index (χ4n) is 11.6. The molecule has 83 heavy (non-hydrogen) atoms. The van der Waals surface area contributed by atoms with E-state index in [0.29, 0.717) is 17.6 Å². The molecule has 0 spiro atoms. The quantitative estimate of drug-likeness (QED) is 0.137. The van der Waals surface area contributed by atoms with Crippen molar-refractivity contribution in [1.82, 2.24) is 19.5 Å². The molecule has 0 aliphatic heterocycles. The summed E-state index contributed by atoms with van der Waals surface area (Å²) in [5.74, 6) is 1.75. The second kappa shape index (κ2) is 20.7. The van der Waals surface area contributed by atoms with Crippen molar-refractivity contribution in [2.45, 2.75) is 78.6 Å². The first-order valence-electron chi connectivity index (χ1n) is 28.9. The van der Waals surface area contributed by atoms with E-state index in [9.17, 15) is 0 Å². The van der Waals surface area contributed by atoms with Crippen molar-refractivity contribution in [3.8, 4) is 39.9 Å². The van der Waals surface area contributed by atoms with E-state index in [1.54, 1.807) is 0 Å². The highest BCUT2D eigenvalue weighted by molar-refractivity contribution is 6.09. The third-order valence-electron chi connectivity index (χ3n) is 16.3. The lowest BCUT2D eigenvalue weighted by atomic mass is 9.83. The van der Waals surface area contributed by atoms with Gasteiger partial charge in [-0.1, -0.05) is 220 Å². The van der Waals surface area contributed by atoms with Crippen LogP contribution in [0.3, 0.4) is 0 Å². The zero-order chi connectivity index (χ0) is 57.2. The lowest BCUT2D eigenvalue weighted by Gasteiger charge is -2.36. The number of hydrogen-bond donors (Lipinski definition) is 0. The van der Waals surface area contributed by atoms with Crippen LogP contribution >= 0.6 is 0 Å². The highest BCUT2D eigenvalue weighted by Gasteiger charge is 2.30. The summed E-state index contributed by atoms with van der Waals surface area (Å²) in [7, 11) is 0. The van der Waals surface area contributed by atoms with E-state index >= 15 is 0 Å². The molecule has 0 N–H and O–H groups in total. The molecule has 13 aromatic rings. The molecule has 0 atom stereocenters. The summed E-state index contributed by atoms with van der Waals surface area (Å²) in [6.07, 6.45) is 0. The van der Waals surface area contributed by atoms with Crippen molar-refractivity contribution in [1.29, 1.82) is 0 Å². The molecule has 0 aliphatic rings. The number of aromatic nitrogens is 4. The molecule has 0 saturated heterocycles. The van der Waals surface area contributed by atoms with Gasteiger partial charge in [0.15, 0.2) is 11.6 Å². The van der Waals surface area contributed by atoms with Gasteiger partial charge < -0.3 is 9.80 Å². The number of fused-ring (bicyclic) bond motifs is 5. The van der Waals surface area contributed by atoms with Crippen LogP contribution in [0.25, 0.3) is 83.2 Å². The molecule has 406 valence electrons. The van der Waals surface area contributed by atoms with Crippen LogP contribution in [0.15, 0.2) is 249 Å². The molecular weight excluding hydrogens is 1010 g/mol. The van der Waals surface area contributed by atoms with E-state index in [-0.39, 0.29) is 16.2 Å². The summed E-state index contributed by atoms with van der Waals surface area (Å²) in [5.41, 5.74) is 15.8. The Kier molecular flexibility index (Phi) is 13.2. The van der Waals surface area contributed by atoms with Gasteiger partial charge in [0.25, 0.3) is 0 Å². The van der Waals surface area contributed by atoms with Crippen LogP contribution in [0.2, 0.25) is 0 Å². The number of rotatable bonds is 10. The van der Waals surface area contributed by atoms with E-state index in [1.807, 2.05) is 18.2 Å². The second-order valence-electron chi connectivity index (χ2n) is 25.1. The van der Waals surface area contributed by atoms with Gasteiger partial charge in [0.1, 0.15) is 0 Å². The predicted molar refractivity (Wildman–Crippen MR) is 351 cm³/mol. The number of para-hydroxylation sites is 2. The number of nitrogens with zero attached hydrogens (tertiary/aromatic N) is 6. The van der Waals surface area contributed by atoms with Gasteiger partial charge in [0, 0.05) is 50.2 Å². The highest BCUT2D eigenvalue weighted by atomic mass is 15.2. The summed E-state index contributed by atoms with van der Waals surface area (Å²) in [6.45, 7) is 20.7.